The molecule has 0 unspecified atom stereocenters. The predicted molar refractivity (Wildman–Crippen MR) is 201 cm³/mol. The third kappa shape index (κ3) is 5.42. The first-order valence-electron chi connectivity index (χ1n) is 16.7. The Morgan fingerprint density at radius 2 is 0.612 bits per heavy atom. The van der Waals surface area contributed by atoms with Crippen LogP contribution in [0.25, 0.3) is 78.7 Å². The molecule has 49 heavy (non-hydrogen) atoms. The molecule has 0 fully saturated rings. The Morgan fingerprint density at radius 3 is 1.12 bits per heavy atom. The van der Waals surface area contributed by atoms with E-state index < -0.39 is 0 Å². The average molecular weight is 626 g/mol. The quantitative estimate of drug-likeness (QED) is 0.185. The molecule has 0 saturated heterocycles. The van der Waals surface area contributed by atoms with Crippen molar-refractivity contribution in [2.75, 3.05) is 0 Å². The summed E-state index contributed by atoms with van der Waals surface area (Å²) in [6, 6.07) is 61.8. The molecule has 1 aromatic heterocycles. The molecule has 8 aromatic rings. The number of fused-ring (bicyclic) bond motifs is 3. The highest BCUT2D eigenvalue weighted by molar-refractivity contribution is 5.90. The van der Waals surface area contributed by atoms with Crippen molar-refractivity contribution in [2.24, 2.45) is 0 Å². The average Bonchev–Trinajstić information content (AvgIpc) is 3.58. The molecule has 0 saturated carbocycles. The third-order valence-corrected chi connectivity index (χ3v) is 9.41. The molecular weight excluding hydrogens is 595 g/mol. The van der Waals surface area contributed by atoms with Gasteiger partial charge < -0.3 is 0 Å². The van der Waals surface area contributed by atoms with Gasteiger partial charge in [-0.2, -0.15) is 0 Å². The lowest BCUT2D eigenvalue weighted by Crippen LogP contribution is -2.00. The molecule has 0 atom stereocenters. The fraction of sp³-hybridized carbons (Fsp3) is 0.0217. The van der Waals surface area contributed by atoms with Crippen molar-refractivity contribution in [3.05, 3.63) is 187 Å². The standard InChI is InChI=1S/C46H31N3/c1-4-14-31(15-5-1)34-20-10-21-35(28-34)38-24-12-26-40-41-27-13-25-39(43(41)30-42(38)40)36-22-11-23-37(29-36)46-48-44(32-16-6-2-7-17-32)47-45(49-46)33-18-8-3-9-19-33/h1-29H,30H2. The number of aromatic nitrogens is 3. The van der Waals surface area contributed by atoms with Crippen LogP contribution in [0, 0.1) is 0 Å². The van der Waals surface area contributed by atoms with Gasteiger partial charge in [0.05, 0.1) is 0 Å². The molecule has 3 heteroatoms. The van der Waals surface area contributed by atoms with Crippen LogP contribution in [0.2, 0.25) is 0 Å². The Labute approximate surface area is 286 Å². The maximum absolute atomic E-state index is 4.99. The van der Waals surface area contributed by atoms with E-state index >= 15 is 0 Å². The predicted octanol–water partition coefficient (Wildman–Crippen LogP) is 11.4. The second-order valence-corrected chi connectivity index (χ2v) is 12.4. The Bertz CT molecular complexity index is 2390. The van der Waals surface area contributed by atoms with Crippen molar-refractivity contribution in [1.29, 1.82) is 0 Å². The third-order valence-electron chi connectivity index (χ3n) is 9.41. The lowest BCUT2D eigenvalue weighted by molar-refractivity contribution is 1.07. The summed E-state index contributed by atoms with van der Waals surface area (Å²) in [7, 11) is 0. The van der Waals surface area contributed by atoms with Gasteiger partial charge in [0.25, 0.3) is 0 Å². The van der Waals surface area contributed by atoms with Crippen molar-refractivity contribution in [3.8, 4) is 78.7 Å². The van der Waals surface area contributed by atoms with Crippen LogP contribution >= 0.6 is 0 Å². The molecule has 0 bridgehead atoms. The van der Waals surface area contributed by atoms with Gasteiger partial charge in [0.2, 0.25) is 0 Å². The van der Waals surface area contributed by atoms with Crippen LogP contribution in [0.3, 0.4) is 0 Å². The van der Waals surface area contributed by atoms with Crippen molar-refractivity contribution < 1.29 is 0 Å². The number of hydrogen-bond donors (Lipinski definition) is 0. The summed E-state index contributed by atoms with van der Waals surface area (Å²) in [6.45, 7) is 0. The van der Waals surface area contributed by atoms with Crippen LogP contribution in [0.1, 0.15) is 11.1 Å². The SMILES string of the molecule is c1ccc(-c2cccc(-c3cccc4c3Cc3c(-c5cccc(-c6nc(-c7ccccc7)nc(-c7ccccc7)n6)c5)cccc3-4)c2)cc1. The van der Waals surface area contributed by atoms with E-state index in [4.69, 9.17) is 15.0 Å². The number of nitrogens with zero attached hydrogens (tertiary/aromatic N) is 3. The van der Waals surface area contributed by atoms with E-state index in [2.05, 4.69) is 115 Å². The molecule has 230 valence electrons. The fourth-order valence-corrected chi connectivity index (χ4v) is 7.04. The topological polar surface area (TPSA) is 38.7 Å². The van der Waals surface area contributed by atoms with E-state index in [1.54, 1.807) is 0 Å². The molecule has 0 radical (unpaired) electrons. The van der Waals surface area contributed by atoms with Gasteiger partial charge in [0, 0.05) is 16.7 Å². The largest absolute Gasteiger partial charge is 0.208 e. The molecule has 1 aliphatic carbocycles. The van der Waals surface area contributed by atoms with Crippen molar-refractivity contribution in [2.45, 2.75) is 6.42 Å². The molecule has 3 nitrogen and oxygen atoms in total. The van der Waals surface area contributed by atoms with Crippen molar-refractivity contribution in [3.63, 3.8) is 0 Å². The summed E-state index contributed by atoms with van der Waals surface area (Å²) in [4.78, 5) is 14.9. The first kappa shape index (κ1) is 28.7. The Morgan fingerprint density at radius 1 is 0.265 bits per heavy atom. The lowest BCUT2D eigenvalue weighted by Gasteiger charge is -2.12. The molecule has 0 aliphatic heterocycles. The van der Waals surface area contributed by atoms with Gasteiger partial charge in [-0.1, -0.05) is 164 Å². The highest BCUT2D eigenvalue weighted by Gasteiger charge is 2.25. The van der Waals surface area contributed by atoms with E-state index in [0.717, 1.165) is 28.7 Å². The maximum atomic E-state index is 4.99. The number of rotatable bonds is 6. The molecule has 1 aliphatic rings. The van der Waals surface area contributed by atoms with Crippen LogP contribution in [-0.2, 0) is 6.42 Å². The van der Waals surface area contributed by atoms with Gasteiger partial charge in [-0.05, 0) is 74.2 Å². The normalized spacial score (nSPS) is 11.6. The minimum absolute atomic E-state index is 0.658. The van der Waals surface area contributed by atoms with Crippen LogP contribution in [0.5, 0.6) is 0 Å². The second-order valence-electron chi connectivity index (χ2n) is 12.4. The summed E-state index contributed by atoms with van der Waals surface area (Å²) < 4.78 is 0. The molecule has 9 rings (SSSR count). The zero-order valence-electron chi connectivity index (χ0n) is 26.8. The van der Waals surface area contributed by atoms with E-state index in [1.165, 1.54) is 50.1 Å². The summed E-state index contributed by atoms with van der Waals surface area (Å²) in [6.07, 6.45) is 0.874. The summed E-state index contributed by atoms with van der Waals surface area (Å²) in [5.41, 5.74) is 15.6. The van der Waals surface area contributed by atoms with Crippen molar-refractivity contribution >= 4 is 0 Å². The van der Waals surface area contributed by atoms with Gasteiger partial charge in [-0.3, -0.25) is 0 Å². The first-order valence-corrected chi connectivity index (χ1v) is 16.7. The van der Waals surface area contributed by atoms with Crippen LogP contribution < -0.4 is 0 Å². The first-order chi connectivity index (χ1) is 24.3. The van der Waals surface area contributed by atoms with Crippen LogP contribution in [-0.4, -0.2) is 15.0 Å². The summed E-state index contributed by atoms with van der Waals surface area (Å²) in [5.74, 6) is 1.98. The van der Waals surface area contributed by atoms with E-state index in [9.17, 15) is 0 Å². The second kappa shape index (κ2) is 12.3. The van der Waals surface area contributed by atoms with Gasteiger partial charge in [-0.25, -0.2) is 15.0 Å². The van der Waals surface area contributed by atoms with Gasteiger partial charge >= 0.3 is 0 Å². The zero-order chi connectivity index (χ0) is 32.6. The molecule has 1 heterocycles. The van der Waals surface area contributed by atoms with Crippen molar-refractivity contribution in [1.82, 2.24) is 15.0 Å². The monoisotopic (exact) mass is 625 g/mol. The lowest BCUT2D eigenvalue weighted by atomic mass is 9.93. The Kier molecular flexibility index (Phi) is 7.21. The van der Waals surface area contributed by atoms with E-state index in [0.29, 0.717) is 17.5 Å². The summed E-state index contributed by atoms with van der Waals surface area (Å²) in [5, 5.41) is 0. The Balaban J connectivity index is 1.11. The van der Waals surface area contributed by atoms with Gasteiger partial charge in [0.15, 0.2) is 17.5 Å². The minimum atomic E-state index is 0.658. The van der Waals surface area contributed by atoms with Crippen LogP contribution in [0.4, 0.5) is 0 Å². The molecular formula is C46H31N3. The molecule has 0 N–H and O–H groups in total. The summed E-state index contributed by atoms with van der Waals surface area (Å²) >= 11 is 0. The van der Waals surface area contributed by atoms with E-state index in [-0.39, 0.29) is 0 Å². The van der Waals surface area contributed by atoms with Crippen LogP contribution in [0.15, 0.2) is 176 Å². The minimum Gasteiger partial charge on any atom is -0.208 e. The molecule has 7 aromatic carbocycles. The maximum Gasteiger partial charge on any atom is 0.164 e. The molecule has 0 spiro atoms. The fourth-order valence-electron chi connectivity index (χ4n) is 7.04. The zero-order valence-corrected chi connectivity index (χ0v) is 26.8. The Hall–Kier alpha value is -6.45. The van der Waals surface area contributed by atoms with Gasteiger partial charge in [-0.15, -0.1) is 0 Å². The highest BCUT2D eigenvalue weighted by Crippen LogP contribution is 2.45. The number of benzene rings is 7. The number of hydrogen-bond acceptors (Lipinski definition) is 3. The van der Waals surface area contributed by atoms with Gasteiger partial charge in [0.1, 0.15) is 0 Å². The smallest absolute Gasteiger partial charge is 0.164 e. The molecule has 0 amide bonds. The highest BCUT2D eigenvalue weighted by atomic mass is 15.0. The van der Waals surface area contributed by atoms with E-state index in [1.807, 2.05) is 60.7 Å².